The number of halogens is 1. The molecule has 0 amide bonds. The van der Waals surface area contributed by atoms with Gasteiger partial charge in [0.1, 0.15) is 10.7 Å². The summed E-state index contributed by atoms with van der Waals surface area (Å²) >= 11 is 5.97. The lowest BCUT2D eigenvalue weighted by molar-refractivity contribution is -0.384. The molecule has 106 valence electrons. The Hall–Kier alpha value is -1.29. The molecule has 1 aromatic rings. The Morgan fingerprint density at radius 1 is 1.37 bits per heavy atom. The Kier molecular flexibility index (Phi) is 6.09. The number of nitrogens with zero attached hydrogens (tertiary/aromatic N) is 2. The van der Waals surface area contributed by atoms with Crippen LogP contribution < -0.4 is 4.90 Å². The predicted molar refractivity (Wildman–Crippen MR) is 80.1 cm³/mol. The van der Waals surface area contributed by atoms with Crippen LogP contribution in [0.15, 0.2) is 18.2 Å². The summed E-state index contributed by atoms with van der Waals surface area (Å²) in [6.07, 6.45) is 3.28. The second-order valence-corrected chi connectivity index (χ2v) is 5.27. The normalized spacial score (nSPS) is 10.8. The summed E-state index contributed by atoms with van der Waals surface area (Å²) in [5, 5.41) is 11.4. The molecule has 0 atom stereocenters. The van der Waals surface area contributed by atoms with Crippen molar-refractivity contribution >= 4 is 23.0 Å². The van der Waals surface area contributed by atoms with Crippen LogP contribution in [-0.4, -0.2) is 17.5 Å². The highest BCUT2D eigenvalue weighted by atomic mass is 35.5. The monoisotopic (exact) mass is 284 g/mol. The van der Waals surface area contributed by atoms with Crippen molar-refractivity contribution in [2.24, 2.45) is 0 Å². The lowest BCUT2D eigenvalue weighted by Crippen LogP contribution is -2.32. The van der Waals surface area contributed by atoms with Gasteiger partial charge < -0.3 is 4.90 Å². The van der Waals surface area contributed by atoms with Crippen LogP contribution in [0.4, 0.5) is 11.4 Å². The smallest absolute Gasteiger partial charge is 0.310 e. The van der Waals surface area contributed by atoms with Crippen molar-refractivity contribution in [3.63, 3.8) is 0 Å². The summed E-state index contributed by atoms with van der Waals surface area (Å²) in [7, 11) is 0. The Bertz CT molecular complexity index is 435. The third-order valence-corrected chi connectivity index (χ3v) is 3.39. The van der Waals surface area contributed by atoms with E-state index in [0.29, 0.717) is 5.69 Å². The molecule has 1 aromatic carbocycles. The van der Waals surface area contributed by atoms with Crippen LogP contribution in [0.1, 0.15) is 40.0 Å². The molecule has 1 rings (SSSR count). The number of rotatable bonds is 7. The molecule has 0 saturated carbocycles. The van der Waals surface area contributed by atoms with E-state index >= 15 is 0 Å². The molecule has 0 unspecified atom stereocenters. The third kappa shape index (κ3) is 4.10. The lowest BCUT2D eigenvalue weighted by Gasteiger charge is -2.28. The van der Waals surface area contributed by atoms with E-state index in [0.717, 1.165) is 25.8 Å². The average molecular weight is 285 g/mol. The zero-order chi connectivity index (χ0) is 14.4. The Morgan fingerprint density at radius 3 is 2.58 bits per heavy atom. The SMILES string of the molecule is CCCCCN(c1cccc(Cl)c1[N+](=O)[O-])C(C)C. The molecule has 0 spiro atoms. The topological polar surface area (TPSA) is 46.4 Å². The van der Waals surface area contributed by atoms with Crippen LogP contribution in [-0.2, 0) is 0 Å². The van der Waals surface area contributed by atoms with Gasteiger partial charge in [0.05, 0.1) is 4.92 Å². The quantitative estimate of drug-likeness (QED) is 0.416. The molecule has 5 heteroatoms. The molecule has 0 aromatic heterocycles. The highest BCUT2D eigenvalue weighted by Crippen LogP contribution is 2.36. The fourth-order valence-corrected chi connectivity index (χ4v) is 2.34. The molecule has 0 aliphatic carbocycles. The molecule has 0 bridgehead atoms. The van der Waals surface area contributed by atoms with E-state index in [2.05, 4.69) is 11.8 Å². The highest BCUT2D eigenvalue weighted by molar-refractivity contribution is 6.33. The average Bonchev–Trinajstić information content (AvgIpc) is 2.33. The molecule has 0 radical (unpaired) electrons. The van der Waals surface area contributed by atoms with E-state index in [1.165, 1.54) is 0 Å². The number of para-hydroxylation sites is 1. The van der Waals surface area contributed by atoms with Crippen molar-refractivity contribution in [1.82, 2.24) is 0 Å². The minimum Gasteiger partial charge on any atom is -0.364 e. The van der Waals surface area contributed by atoms with Gasteiger partial charge in [-0.2, -0.15) is 0 Å². The molecular formula is C14H21ClN2O2. The lowest BCUT2D eigenvalue weighted by atomic mass is 10.1. The number of nitro benzene ring substituents is 1. The van der Waals surface area contributed by atoms with Crippen molar-refractivity contribution in [2.45, 2.75) is 46.1 Å². The first-order chi connectivity index (χ1) is 8.99. The molecule has 19 heavy (non-hydrogen) atoms. The van der Waals surface area contributed by atoms with Crippen LogP contribution in [0, 0.1) is 10.1 Å². The Morgan fingerprint density at radius 2 is 2.05 bits per heavy atom. The first kappa shape index (κ1) is 15.8. The van der Waals surface area contributed by atoms with E-state index in [4.69, 9.17) is 11.6 Å². The fraction of sp³-hybridized carbons (Fsp3) is 0.571. The summed E-state index contributed by atoms with van der Waals surface area (Å²) < 4.78 is 0. The number of unbranched alkanes of at least 4 members (excludes halogenated alkanes) is 2. The van der Waals surface area contributed by atoms with Crippen molar-refractivity contribution in [3.8, 4) is 0 Å². The Labute approximate surface area is 119 Å². The standard InChI is InChI=1S/C14H21ClN2O2/c1-4-5-6-10-16(11(2)3)13-9-7-8-12(15)14(13)17(18)19/h7-9,11H,4-6,10H2,1-3H3. The Balaban J connectivity index is 3.08. The van der Waals surface area contributed by atoms with Gasteiger partial charge in [0.2, 0.25) is 0 Å². The predicted octanol–water partition coefficient (Wildman–Crippen LogP) is 4.65. The summed E-state index contributed by atoms with van der Waals surface area (Å²) in [5.41, 5.74) is 0.623. The van der Waals surface area contributed by atoms with Crippen LogP contribution in [0.25, 0.3) is 0 Å². The van der Waals surface area contributed by atoms with E-state index < -0.39 is 4.92 Å². The summed E-state index contributed by atoms with van der Waals surface area (Å²) in [4.78, 5) is 12.9. The van der Waals surface area contributed by atoms with Gasteiger partial charge in [-0.15, -0.1) is 0 Å². The molecular weight excluding hydrogens is 264 g/mol. The second kappa shape index (κ2) is 7.34. The first-order valence-corrected chi connectivity index (χ1v) is 7.06. The number of anilines is 1. The zero-order valence-corrected chi connectivity index (χ0v) is 12.5. The first-order valence-electron chi connectivity index (χ1n) is 6.68. The number of benzene rings is 1. The van der Waals surface area contributed by atoms with Gasteiger partial charge in [0, 0.05) is 12.6 Å². The van der Waals surface area contributed by atoms with Crippen molar-refractivity contribution in [1.29, 1.82) is 0 Å². The fourth-order valence-electron chi connectivity index (χ4n) is 2.11. The molecule has 0 N–H and O–H groups in total. The van der Waals surface area contributed by atoms with Crippen LogP contribution in [0.5, 0.6) is 0 Å². The highest BCUT2D eigenvalue weighted by Gasteiger charge is 2.24. The zero-order valence-electron chi connectivity index (χ0n) is 11.7. The van der Waals surface area contributed by atoms with Crippen molar-refractivity contribution in [2.75, 3.05) is 11.4 Å². The van der Waals surface area contributed by atoms with Gasteiger partial charge >= 0.3 is 5.69 Å². The van der Waals surface area contributed by atoms with E-state index in [1.54, 1.807) is 18.2 Å². The van der Waals surface area contributed by atoms with E-state index in [-0.39, 0.29) is 16.8 Å². The summed E-state index contributed by atoms with van der Waals surface area (Å²) in [5.74, 6) is 0. The second-order valence-electron chi connectivity index (χ2n) is 4.86. The maximum atomic E-state index is 11.2. The molecule has 0 fully saturated rings. The maximum absolute atomic E-state index is 11.2. The molecule has 4 nitrogen and oxygen atoms in total. The van der Waals surface area contributed by atoms with Gasteiger partial charge in [-0.3, -0.25) is 10.1 Å². The van der Waals surface area contributed by atoms with Gasteiger partial charge in [0.25, 0.3) is 0 Å². The molecule has 0 aliphatic rings. The van der Waals surface area contributed by atoms with E-state index in [1.807, 2.05) is 13.8 Å². The number of nitro groups is 1. The summed E-state index contributed by atoms with van der Waals surface area (Å²) in [6, 6.07) is 5.30. The van der Waals surface area contributed by atoms with Crippen molar-refractivity contribution in [3.05, 3.63) is 33.3 Å². The molecule has 0 aliphatic heterocycles. The van der Waals surface area contributed by atoms with Gasteiger partial charge in [-0.25, -0.2) is 0 Å². The van der Waals surface area contributed by atoms with Crippen LogP contribution >= 0.6 is 11.6 Å². The molecule has 0 heterocycles. The van der Waals surface area contributed by atoms with Crippen LogP contribution in [0.2, 0.25) is 5.02 Å². The number of hydrogen-bond acceptors (Lipinski definition) is 3. The largest absolute Gasteiger partial charge is 0.364 e. The summed E-state index contributed by atoms with van der Waals surface area (Å²) in [6.45, 7) is 7.03. The van der Waals surface area contributed by atoms with Crippen LogP contribution in [0.3, 0.4) is 0 Å². The van der Waals surface area contributed by atoms with Gasteiger partial charge in [-0.05, 0) is 32.4 Å². The minimum absolute atomic E-state index is 0.00867. The molecule has 0 saturated heterocycles. The van der Waals surface area contributed by atoms with Gasteiger partial charge in [-0.1, -0.05) is 37.4 Å². The van der Waals surface area contributed by atoms with Gasteiger partial charge in [0.15, 0.2) is 0 Å². The third-order valence-electron chi connectivity index (χ3n) is 3.08. The minimum atomic E-state index is -0.396. The van der Waals surface area contributed by atoms with E-state index in [9.17, 15) is 10.1 Å². The van der Waals surface area contributed by atoms with Crippen molar-refractivity contribution < 1.29 is 4.92 Å². The number of hydrogen-bond donors (Lipinski definition) is 0. The maximum Gasteiger partial charge on any atom is 0.310 e.